The van der Waals surface area contributed by atoms with E-state index in [0.29, 0.717) is 16.8 Å². The third-order valence-electron chi connectivity index (χ3n) is 3.07. The molecule has 2 rings (SSSR count). The number of anilines is 1. The number of hydrogen-bond acceptors (Lipinski definition) is 3. The Hall–Kier alpha value is -2.82. The lowest BCUT2D eigenvalue weighted by Gasteiger charge is -2.11. The van der Waals surface area contributed by atoms with Gasteiger partial charge in [-0.15, -0.1) is 0 Å². The summed E-state index contributed by atoms with van der Waals surface area (Å²) >= 11 is 0. The fourth-order valence-electron chi connectivity index (χ4n) is 2.01. The minimum atomic E-state index is -1.03. The summed E-state index contributed by atoms with van der Waals surface area (Å²) in [5.74, 6) is -1.11. The van der Waals surface area contributed by atoms with E-state index in [1.165, 1.54) is 11.0 Å². The second-order valence-electron chi connectivity index (χ2n) is 4.93. The number of carboxylic acid groups (broad SMARTS) is 1. The molecule has 1 amide bonds. The van der Waals surface area contributed by atoms with Gasteiger partial charge in [-0.2, -0.15) is 0 Å². The lowest BCUT2D eigenvalue weighted by molar-refractivity contribution is 0.0696. The van der Waals surface area contributed by atoms with Gasteiger partial charge in [-0.05, 0) is 41.5 Å². The molecule has 0 saturated carbocycles. The van der Waals surface area contributed by atoms with Crippen LogP contribution >= 0.6 is 0 Å². The van der Waals surface area contributed by atoms with E-state index in [9.17, 15) is 9.59 Å². The maximum absolute atomic E-state index is 11.8. The van der Waals surface area contributed by atoms with Gasteiger partial charge in [0.2, 0.25) is 0 Å². The van der Waals surface area contributed by atoms with Crippen LogP contribution in [0, 0.1) is 0 Å². The summed E-state index contributed by atoms with van der Waals surface area (Å²) in [6.07, 6.45) is 0. The normalized spacial score (nSPS) is 10.2. The Morgan fingerprint density at radius 1 is 0.952 bits per heavy atom. The van der Waals surface area contributed by atoms with Crippen molar-refractivity contribution in [2.24, 2.45) is 0 Å². The summed E-state index contributed by atoms with van der Waals surface area (Å²) in [5.41, 5.74) is 8.34. The van der Waals surface area contributed by atoms with Crippen molar-refractivity contribution < 1.29 is 14.7 Å². The van der Waals surface area contributed by atoms with Crippen LogP contribution in [0.2, 0.25) is 0 Å². The largest absolute Gasteiger partial charge is 0.478 e. The first-order chi connectivity index (χ1) is 9.88. The Bertz CT molecular complexity index is 691. The van der Waals surface area contributed by atoms with Gasteiger partial charge in [0.25, 0.3) is 5.91 Å². The first kappa shape index (κ1) is 14.6. The van der Waals surface area contributed by atoms with Crippen molar-refractivity contribution in [2.75, 3.05) is 19.8 Å². The summed E-state index contributed by atoms with van der Waals surface area (Å²) in [6, 6.07) is 11.6. The van der Waals surface area contributed by atoms with Crippen LogP contribution in [0.4, 0.5) is 5.69 Å². The van der Waals surface area contributed by atoms with E-state index in [1.54, 1.807) is 50.5 Å². The zero-order chi connectivity index (χ0) is 15.6. The molecule has 2 aromatic rings. The van der Waals surface area contributed by atoms with E-state index in [0.717, 1.165) is 5.56 Å². The van der Waals surface area contributed by atoms with E-state index in [-0.39, 0.29) is 11.5 Å². The van der Waals surface area contributed by atoms with Crippen LogP contribution in [0.1, 0.15) is 20.7 Å². The lowest BCUT2D eigenvalue weighted by Crippen LogP contribution is -2.21. The molecule has 0 spiro atoms. The van der Waals surface area contributed by atoms with Crippen molar-refractivity contribution in [3.63, 3.8) is 0 Å². The van der Waals surface area contributed by atoms with Crippen LogP contribution in [-0.4, -0.2) is 36.0 Å². The van der Waals surface area contributed by atoms with Gasteiger partial charge in [-0.1, -0.05) is 12.1 Å². The molecule has 0 saturated heterocycles. The number of amides is 1. The number of nitrogens with zero attached hydrogens (tertiary/aromatic N) is 1. The summed E-state index contributed by atoms with van der Waals surface area (Å²) in [6.45, 7) is 0. The maximum atomic E-state index is 11.8. The number of hydrogen-bond donors (Lipinski definition) is 2. The highest BCUT2D eigenvalue weighted by atomic mass is 16.4. The summed E-state index contributed by atoms with van der Waals surface area (Å²) in [7, 11) is 3.38. The Morgan fingerprint density at radius 2 is 1.57 bits per heavy atom. The number of benzene rings is 2. The standard InChI is InChI=1S/C16H16N2O3/c1-18(2)15(19)11-5-3-10(4-6-11)12-7-13(16(20)21)9-14(17)8-12/h3-9H,17H2,1-2H3,(H,20,21). The Morgan fingerprint density at radius 3 is 2.10 bits per heavy atom. The van der Waals surface area contributed by atoms with Gasteiger partial charge in [0.15, 0.2) is 0 Å². The van der Waals surface area contributed by atoms with Crippen molar-refractivity contribution in [3.8, 4) is 11.1 Å². The molecule has 21 heavy (non-hydrogen) atoms. The molecule has 3 N–H and O–H groups in total. The third-order valence-corrected chi connectivity index (χ3v) is 3.07. The summed E-state index contributed by atoms with van der Waals surface area (Å²) in [4.78, 5) is 24.4. The average Bonchev–Trinajstić information content (AvgIpc) is 2.45. The van der Waals surface area contributed by atoms with Gasteiger partial charge < -0.3 is 15.7 Å². The van der Waals surface area contributed by atoms with E-state index >= 15 is 0 Å². The van der Waals surface area contributed by atoms with E-state index < -0.39 is 5.97 Å². The van der Waals surface area contributed by atoms with Crippen molar-refractivity contribution in [2.45, 2.75) is 0 Å². The van der Waals surface area contributed by atoms with E-state index in [1.807, 2.05) is 0 Å². The average molecular weight is 284 g/mol. The van der Waals surface area contributed by atoms with E-state index in [4.69, 9.17) is 10.8 Å². The molecule has 0 unspecified atom stereocenters. The highest BCUT2D eigenvalue weighted by Gasteiger charge is 2.10. The number of rotatable bonds is 3. The lowest BCUT2D eigenvalue weighted by atomic mass is 10.0. The van der Waals surface area contributed by atoms with Crippen molar-refractivity contribution >= 4 is 17.6 Å². The molecule has 108 valence electrons. The monoisotopic (exact) mass is 284 g/mol. The van der Waals surface area contributed by atoms with Crippen LogP contribution in [0.5, 0.6) is 0 Å². The molecular weight excluding hydrogens is 268 g/mol. The first-order valence-corrected chi connectivity index (χ1v) is 6.34. The predicted molar refractivity (Wildman–Crippen MR) is 81.3 cm³/mol. The molecule has 0 atom stereocenters. The van der Waals surface area contributed by atoms with Gasteiger partial charge in [0.1, 0.15) is 0 Å². The molecule has 0 aliphatic heterocycles. The zero-order valence-corrected chi connectivity index (χ0v) is 11.8. The molecule has 5 heteroatoms. The molecule has 0 aliphatic rings. The molecule has 2 aromatic carbocycles. The molecular formula is C16H16N2O3. The zero-order valence-electron chi connectivity index (χ0n) is 11.8. The summed E-state index contributed by atoms with van der Waals surface area (Å²) in [5, 5.41) is 9.05. The summed E-state index contributed by atoms with van der Waals surface area (Å²) < 4.78 is 0. The quantitative estimate of drug-likeness (QED) is 0.847. The van der Waals surface area contributed by atoms with Gasteiger partial charge in [-0.25, -0.2) is 4.79 Å². The number of carboxylic acids is 1. The van der Waals surface area contributed by atoms with Crippen molar-refractivity contribution in [3.05, 3.63) is 53.6 Å². The molecule has 0 bridgehead atoms. The fourth-order valence-corrected chi connectivity index (χ4v) is 2.01. The molecule has 5 nitrogen and oxygen atoms in total. The first-order valence-electron chi connectivity index (χ1n) is 6.34. The van der Waals surface area contributed by atoms with Gasteiger partial charge >= 0.3 is 5.97 Å². The molecule has 0 aromatic heterocycles. The van der Waals surface area contributed by atoms with Crippen LogP contribution in [0.15, 0.2) is 42.5 Å². The SMILES string of the molecule is CN(C)C(=O)c1ccc(-c2cc(N)cc(C(=O)O)c2)cc1. The Balaban J connectivity index is 2.39. The topological polar surface area (TPSA) is 83.6 Å². The Labute approximate surface area is 122 Å². The Kier molecular flexibility index (Phi) is 3.93. The van der Waals surface area contributed by atoms with Crippen LogP contribution in [0.25, 0.3) is 11.1 Å². The van der Waals surface area contributed by atoms with Crippen LogP contribution in [0.3, 0.4) is 0 Å². The molecule has 0 heterocycles. The van der Waals surface area contributed by atoms with Crippen molar-refractivity contribution in [1.82, 2.24) is 4.90 Å². The van der Waals surface area contributed by atoms with Crippen LogP contribution in [-0.2, 0) is 0 Å². The van der Waals surface area contributed by atoms with Crippen LogP contribution < -0.4 is 5.73 Å². The number of carbonyl (C=O) groups excluding carboxylic acids is 1. The highest BCUT2D eigenvalue weighted by molar-refractivity contribution is 5.95. The minimum absolute atomic E-state index is 0.0830. The second kappa shape index (κ2) is 5.66. The molecule has 0 aliphatic carbocycles. The van der Waals surface area contributed by atoms with E-state index in [2.05, 4.69) is 0 Å². The predicted octanol–water partition coefficient (Wildman–Crippen LogP) is 2.34. The van der Waals surface area contributed by atoms with Crippen molar-refractivity contribution in [1.29, 1.82) is 0 Å². The number of nitrogens with two attached hydrogens (primary N) is 1. The number of carbonyl (C=O) groups is 2. The van der Waals surface area contributed by atoms with Gasteiger partial charge in [0.05, 0.1) is 5.56 Å². The smallest absolute Gasteiger partial charge is 0.335 e. The third kappa shape index (κ3) is 3.20. The maximum Gasteiger partial charge on any atom is 0.335 e. The molecule has 0 radical (unpaired) electrons. The van der Waals surface area contributed by atoms with Gasteiger partial charge in [0, 0.05) is 25.3 Å². The molecule has 0 fully saturated rings. The number of nitrogen functional groups attached to an aromatic ring is 1. The van der Waals surface area contributed by atoms with Gasteiger partial charge in [-0.3, -0.25) is 4.79 Å². The number of aromatic carboxylic acids is 1. The highest BCUT2D eigenvalue weighted by Crippen LogP contribution is 2.24. The minimum Gasteiger partial charge on any atom is -0.478 e. The second-order valence-corrected chi connectivity index (χ2v) is 4.93. The fraction of sp³-hybridized carbons (Fsp3) is 0.125.